The van der Waals surface area contributed by atoms with Gasteiger partial charge in [0.2, 0.25) is 5.91 Å². The molecule has 0 N–H and O–H groups in total. The van der Waals surface area contributed by atoms with Gasteiger partial charge in [0, 0.05) is 43.4 Å². The number of thiophene rings is 1. The van der Waals surface area contributed by atoms with Crippen LogP contribution in [-0.2, 0) is 11.2 Å². The van der Waals surface area contributed by atoms with Crippen LogP contribution in [0.3, 0.4) is 0 Å². The maximum absolute atomic E-state index is 12.2. The molecule has 0 aliphatic carbocycles. The number of rotatable bonds is 3. The molecule has 1 aliphatic heterocycles. The van der Waals surface area contributed by atoms with Crippen molar-refractivity contribution in [1.29, 1.82) is 0 Å². The van der Waals surface area contributed by atoms with Crippen molar-refractivity contribution in [3.63, 3.8) is 0 Å². The summed E-state index contributed by atoms with van der Waals surface area (Å²) in [6, 6.07) is 4.00. The molecule has 0 atom stereocenters. The maximum Gasteiger partial charge on any atom is 0.227 e. The lowest BCUT2D eigenvalue weighted by Crippen LogP contribution is -2.49. The first-order chi connectivity index (χ1) is 9.83. The summed E-state index contributed by atoms with van der Waals surface area (Å²) in [7, 11) is 0. The summed E-state index contributed by atoms with van der Waals surface area (Å²) in [6.07, 6.45) is 5.65. The topological polar surface area (TPSA) is 49.3 Å². The first kappa shape index (κ1) is 13.1. The molecule has 2 aromatic heterocycles. The summed E-state index contributed by atoms with van der Waals surface area (Å²) >= 11 is 1.64. The minimum absolute atomic E-state index is 0.214. The fraction of sp³-hybridized carbons (Fsp3) is 0.357. The van der Waals surface area contributed by atoms with Gasteiger partial charge < -0.3 is 9.80 Å². The van der Waals surface area contributed by atoms with Crippen molar-refractivity contribution >= 4 is 23.1 Å². The van der Waals surface area contributed by atoms with Gasteiger partial charge >= 0.3 is 0 Å². The van der Waals surface area contributed by atoms with Gasteiger partial charge in [0.1, 0.15) is 5.82 Å². The molecule has 0 unspecified atom stereocenters. The van der Waals surface area contributed by atoms with Crippen LogP contribution >= 0.6 is 11.3 Å². The first-order valence-corrected chi connectivity index (χ1v) is 7.52. The number of hydrogen-bond donors (Lipinski definition) is 0. The highest BCUT2D eigenvalue weighted by Crippen LogP contribution is 2.14. The van der Waals surface area contributed by atoms with Gasteiger partial charge in [0.05, 0.1) is 12.6 Å². The van der Waals surface area contributed by atoms with Gasteiger partial charge in [-0.3, -0.25) is 9.78 Å². The highest BCUT2D eigenvalue weighted by atomic mass is 32.1. The van der Waals surface area contributed by atoms with Crippen LogP contribution in [0.15, 0.2) is 36.1 Å². The highest BCUT2D eigenvalue weighted by Gasteiger charge is 2.22. The largest absolute Gasteiger partial charge is 0.352 e. The number of piperazine rings is 1. The van der Waals surface area contributed by atoms with Crippen LogP contribution in [0.25, 0.3) is 0 Å². The third-order valence-corrected chi connectivity index (χ3v) is 4.29. The van der Waals surface area contributed by atoms with Crippen LogP contribution in [0, 0.1) is 0 Å². The third-order valence-electron chi connectivity index (χ3n) is 3.41. The van der Waals surface area contributed by atoms with Crippen LogP contribution in [0.1, 0.15) is 4.88 Å². The molecule has 6 heteroatoms. The number of amides is 1. The number of hydrogen-bond acceptors (Lipinski definition) is 5. The van der Waals surface area contributed by atoms with Crippen molar-refractivity contribution < 1.29 is 4.79 Å². The summed E-state index contributed by atoms with van der Waals surface area (Å²) in [5.41, 5.74) is 0. The minimum atomic E-state index is 0.214. The van der Waals surface area contributed by atoms with Crippen LogP contribution in [-0.4, -0.2) is 47.0 Å². The van der Waals surface area contributed by atoms with E-state index in [1.54, 1.807) is 29.9 Å². The predicted molar refractivity (Wildman–Crippen MR) is 78.8 cm³/mol. The van der Waals surface area contributed by atoms with Crippen LogP contribution in [0.2, 0.25) is 0 Å². The van der Waals surface area contributed by atoms with Gasteiger partial charge in [-0.05, 0) is 11.4 Å². The molecule has 104 valence electrons. The fourth-order valence-corrected chi connectivity index (χ4v) is 3.01. The summed E-state index contributed by atoms with van der Waals surface area (Å²) in [4.78, 5) is 25.8. The average Bonchev–Trinajstić information content (AvgIpc) is 3.01. The molecule has 1 aliphatic rings. The number of carbonyl (C=O) groups is 1. The Morgan fingerprint density at radius 2 is 2.10 bits per heavy atom. The van der Waals surface area contributed by atoms with Crippen molar-refractivity contribution in [3.8, 4) is 0 Å². The summed E-state index contributed by atoms with van der Waals surface area (Å²) in [5, 5.41) is 2.01. The van der Waals surface area contributed by atoms with Crippen molar-refractivity contribution in [2.45, 2.75) is 6.42 Å². The van der Waals surface area contributed by atoms with Crippen molar-refractivity contribution in [3.05, 3.63) is 41.0 Å². The molecule has 2 aromatic rings. The molecule has 0 saturated carbocycles. The molecule has 5 nitrogen and oxygen atoms in total. The van der Waals surface area contributed by atoms with E-state index in [4.69, 9.17) is 0 Å². The summed E-state index contributed by atoms with van der Waals surface area (Å²) < 4.78 is 0. The lowest BCUT2D eigenvalue weighted by atomic mass is 10.2. The van der Waals surface area contributed by atoms with Crippen molar-refractivity contribution in [2.75, 3.05) is 31.1 Å². The molecular weight excluding hydrogens is 272 g/mol. The Hall–Kier alpha value is -1.95. The molecule has 0 spiro atoms. The zero-order valence-corrected chi connectivity index (χ0v) is 11.9. The van der Waals surface area contributed by atoms with Gasteiger partial charge in [-0.2, -0.15) is 0 Å². The highest BCUT2D eigenvalue weighted by molar-refractivity contribution is 7.10. The summed E-state index contributed by atoms with van der Waals surface area (Å²) in [6.45, 7) is 3.13. The molecule has 0 radical (unpaired) electrons. The Bertz CT molecular complexity index is 550. The molecule has 3 rings (SSSR count). The van der Waals surface area contributed by atoms with Crippen LogP contribution in [0.4, 0.5) is 5.82 Å². The lowest BCUT2D eigenvalue weighted by molar-refractivity contribution is -0.130. The van der Waals surface area contributed by atoms with E-state index >= 15 is 0 Å². The van der Waals surface area contributed by atoms with Gasteiger partial charge in [-0.1, -0.05) is 6.07 Å². The van der Waals surface area contributed by atoms with E-state index in [0.717, 1.165) is 36.9 Å². The Morgan fingerprint density at radius 3 is 2.75 bits per heavy atom. The second kappa shape index (κ2) is 6.00. The van der Waals surface area contributed by atoms with Gasteiger partial charge in [0.15, 0.2) is 0 Å². The molecule has 1 fully saturated rings. The van der Waals surface area contributed by atoms with Gasteiger partial charge in [-0.25, -0.2) is 4.98 Å². The number of carbonyl (C=O) groups excluding carboxylic acids is 1. The Labute approximate surface area is 121 Å². The van der Waals surface area contributed by atoms with Crippen molar-refractivity contribution in [2.24, 2.45) is 0 Å². The van der Waals surface area contributed by atoms with E-state index in [0.29, 0.717) is 6.42 Å². The fourth-order valence-electron chi connectivity index (χ4n) is 2.31. The second-order valence-electron chi connectivity index (χ2n) is 4.69. The van der Waals surface area contributed by atoms with E-state index in [1.807, 2.05) is 22.4 Å². The van der Waals surface area contributed by atoms with Gasteiger partial charge in [0.25, 0.3) is 0 Å². The number of anilines is 1. The second-order valence-corrected chi connectivity index (χ2v) is 5.72. The van der Waals surface area contributed by atoms with Gasteiger partial charge in [-0.15, -0.1) is 11.3 Å². The van der Waals surface area contributed by atoms with E-state index in [-0.39, 0.29) is 5.91 Å². The number of aromatic nitrogens is 2. The normalized spacial score (nSPS) is 15.4. The minimum Gasteiger partial charge on any atom is -0.352 e. The standard InChI is InChI=1S/C14H16N4OS/c19-14(10-12-2-1-9-20-12)18-7-5-17(6-8-18)13-11-15-3-4-16-13/h1-4,9,11H,5-8,10H2. The maximum atomic E-state index is 12.2. The average molecular weight is 288 g/mol. The van der Waals surface area contributed by atoms with E-state index in [2.05, 4.69) is 14.9 Å². The molecule has 20 heavy (non-hydrogen) atoms. The summed E-state index contributed by atoms with van der Waals surface area (Å²) in [5.74, 6) is 1.10. The molecule has 1 amide bonds. The van der Waals surface area contributed by atoms with E-state index < -0.39 is 0 Å². The van der Waals surface area contributed by atoms with E-state index in [9.17, 15) is 4.79 Å². The van der Waals surface area contributed by atoms with Crippen LogP contribution in [0.5, 0.6) is 0 Å². The SMILES string of the molecule is O=C(Cc1cccs1)N1CCN(c2cnccn2)CC1. The monoisotopic (exact) mass is 288 g/mol. The van der Waals surface area contributed by atoms with E-state index in [1.165, 1.54) is 0 Å². The van der Waals surface area contributed by atoms with Crippen molar-refractivity contribution in [1.82, 2.24) is 14.9 Å². The zero-order chi connectivity index (χ0) is 13.8. The Balaban J connectivity index is 1.54. The molecule has 0 bridgehead atoms. The zero-order valence-electron chi connectivity index (χ0n) is 11.1. The predicted octanol–water partition coefficient (Wildman–Crippen LogP) is 1.43. The third kappa shape index (κ3) is 2.96. The van der Waals surface area contributed by atoms with Crippen LogP contribution < -0.4 is 4.90 Å². The molecule has 0 aromatic carbocycles. The molecule has 1 saturated heterocycles. The smallest absolute Gasteiger partial charge is 0.227 e. The molecule has 3 heterocycles. The first-order valence-electron chi connectivity index (χ1n) is 6.64. The quantitative estimate of drug-likeness (QED) is 0.857. The molecular formula is C14H16N4OS. The lowest BCUT2D eigenvalue weighted by Gasteiger charge is -2.35. The Morgan fingerprint density at radius 1 is 1.25 bits per heavy atom. The number of nitrogens with zero attached hydrogens (tertiary/aromatic N) is 4. The Kier molecular flexibility index (Phi) is 3.92.